The zero-order valence-electron chi connectivity index (χ0n) is 10.5. The van der Waals surface area contributed by atoms with Crippen molar-refractivity contribution in [1.29, 1.82) is 0 Å². The molecule has 2 rings (SSSR count). The van der Waals surface area contributed by atoms with Gasteiger partial charge in [-0.15, -0.1) is 0 Å². The van der Waals surface area contributed by atoms with Crippen molar-refractivity contribution >= 4 is 15.8 Å². The van der Waals surface area contributed by atoms with Crippen LogP contribution in [0.15, 0.2) is 23.4 Å². The highest BCUT2D eigenvalue weighted by Gasteiger charge is 2.36. The van der Waals surface area contributed by atoms with Gasteiger partial charge in [-0.3, -0.25) is 9.78 Å². The van der Waals surface area contributed by atoms with Crippen LogP contribution in [0.4, 0.5) is 4.39 Å². The SMILES string of the molecule is CC(=O)C1CCCCN1S(=O)(=O)c1cncc(F)c1. The third kappa shape index (κ3) is 2.82. The van der Waals surface area contributed by atoms with Gasteiger partial charge in [0.15, 0.2) is 0 Å². The second-order valence-corrected chi connectivity index (χ2v) is 6.47. The van der Waals surface area contributed by atoms with Gasteiger partial charge >= 0.3 is 0 Å². The van der Waals surface area contributed by atoms with E-state index in [1.165, 1.54) is 6.92 Å². The van der Waals surface area contributed by atoms with Gasteiger partial charge in [0.05, 0.1) is 12.2 Å². The quantitative estimate of drug-likeness (QED) is 0.841. The van der Waals surface area contributed by atoms with Crippen LogP contribution in [0.25, 0.3) is 0 Å². The van der Waals surface area contributed by atoms with E-state index in [0.717, 1.165) is 29.2 Å². The van der Waals surface area contributed by atoms with E-state index in [1.807, 2.05) is 0 Å². The molecule has 1 aliphatic heterocycles. The Kier molecular flexibility index (Phi) is 3.96. The lowest BCUT2D eigenvalue weighted by molar-refractivity contribution is -0.121. The van der Waals surface area contributed by atoms with E-state index < -0.39 is 21.9 Å². The van der Waals surface area contributed by atoms with Crippen molar-refractivity contribution in [2.45, 2.75) is 37.1 Å². The van der Waals surface area contributed by atoms with E-state index in [9.17, 15) is 17.6 Å². The largest absolute Gasteiger partial charge is 0.298 e. The molecule has 7 heteroatoms. The number of pyridine rings is 1. The summed E-state index contributed by atoms with van der Waals surface area (Å²) in [7, 11) is -3.87. The average molecular weight is 286 g/mol. The summed E-state index contributed by atoms with van der Waals surface area (Å²) in [5, 5.41) is 0. The fourth-order valence-corrected chi connectivity index (χ4v) is 3.95. The average Bonchev–Trinajstić information content (AvgIpc) is 2.38. The minimum atomic E-state index is -3.87. The second-order valence-electron chi connectivity index (χ2n) is 4.58. The molecule has 0 aliphatic carbocycles. The van der Waals surface area contributed by atoms with Gasteiger partial charge in [0.2, 0.25) is 10.0 Å². The number of piperidine rings is 1. The molecule has 2 heterocycles. The first-order chi connectivity index (χ1) is 8.93. The first-order valence-electron chi connectivity index (χ1n) is 6.06. The van der Waals surface area contributed by atoms with E-state index >= 15 is 0 Å². The maximum Gasteiger partial charge on any atom is 0.245 e. The molecule has 1 atom stereocenters. The number of Topliss-reactive ketones (excluding diaryl/α,β-unsaturated/α-hetero) is 1. The number of halogens is 1. The van der Waals surface area contributed by atoms with E-state index in [1.54, 1.807) is 0 Å². The van der Waals surface area contributed by atoms with Crippen LogP contribution in [-0.4, -0.2) is 36.1 Å². The van der Waals surface area contributed by atoms with Crippen molar-refractivity contribution in [3.63, 3.8) is 0 Å². The lowest BCUT2D eigenvalue weighted by Crippen LogP contribution is -2.47. The topological polar surface area (TPSA) is 67.3 Å². The summed E-state index contributed by atoms with van der Waals surface area (Å²) in [6.45, 7) is 1.66. The molecule has 1 fully saturated rings. The lowest BCUT2D eigenvalue weighted by Gasteiger charge is -2.32. The van der Waals surface area contributed by atoms with Gasteiger partial charge in [-0.25, -0.2) is 12.8 Å². The molecule has 19 heavy (non-hydrogen) atoms. The smallest absolute Gasteiger partial charge is 0.245 e. The normalized spacial score (nSPS) is 21.3. The molecule has 1 aromatic rings. The molecule has 0 spiro atoms. The molecule has 0 N–H and O–H groups in total. The van der Waals surface area contributed by atoms with Gasteiger partial charge in [-0.2, -0.15) is 4.31 Å². The molecule has 1 saturated heterocycles. The molecule has 0 radical (unpaired) electrons. The number of rotatable bonds is 3. The van der Waals surface area contributed by atoms with Crippen molar-refractivity contribution in [3.8, 4) is 0 Å². The van der Waals surface area contributed by atoms with Crippen LogP contribution in [0.2, 0.25) is 0 Å². The van der Waals surface area contributed by atoms with Crippen LogP contribution < -0.4 is 0 Å². The van der Waals surface area contributed by atoms with Crippen molar-refractivity contribution in [2.24, 2.45) is 0 Å². The summed E-state index contributed by atoms with van der Waals surface area (Å²) in [5.74, 6) is -0.898. The summed E-state index contributed by atoms with van der Waals surface area (Å²) in [5.41, 5.74) is 0. The third-order valence-electron chi connectivity index (χ3n) is 3.21. The van der Waals surface area contributed by atoms with Crippen molar-refractivity contribution in [3.05, 3.63) is 24.3 Å². The number of aromatic nitrogens is 1. The Labute approximate surface area is 111 Å². The van der Waals surface area contributed by atoms with Crippen LogP contribution in [0, 0.1) is 5.82 Å². The molecule has 0 amide bonds. The standard InChI is InChI=1S/C12H15FN2O3S/c1-9(16)12-4-2-3-5-15(12)19(17,18)11-6-10(13)7-14-8-11/h6-8,12H,2-5H2,1H3. The van der Waals surface area contributed by atoms with Crippen LogP contribution in [-0.2, 0) is 14.8 Å². The van der Waals surface area contributed by atoms with E-state index in [0.29, 0.717) is 12.8 Å². The van der Waals surface area contributed by atoms with Crippen molar-refractivity contribution in [1.82, 2.24) is 9.29 Å². The first kappa shape index (κ1) is 14.1. The maximum absolute atomic E-state index is 13.1. The zero-order chi connectivity index (χ0) is 14.0. The molecule has 5 nitrogen and oxygen atoms in total. The number of ketones is 1. The van der Waals surface area contributed by atoms with Crippen LogP contribution in [0.5, 0.6) is 0 Å². The highest BCUT2D eigenvalue weighted by Crippen LogP contribution is 2.25. The fourth-order valence-electron chi connectivity index (χ4n) is 2.27. The van der Waals surface area contributed by atoms with Gasteiger partial charge in [0, 0.05) is 12.7 Å². The summed E-state index contributed by atoms with van der Waals surface area (Å²) in [4.78, 5) is 14.9. The molecule has 104 valence electrons. The zero-order valence-corrected chi connectivity index (χ0v) is 11.4. The van der Waals surface area contributed by atoms with Crippen molar-refractivity contribution in [2.75, 3.05) is 6.54 Å². The number of carbonyl (C=O) groups is 1. The Morgan fingerprint density at radius 1 is 1.42 bits per heavy atom. The summed E-state index contributed by atoms with van der Waals surface area (Å²) < 4.78 is 39.1. The van der Waals surface area contributed by atoms with Crippen LogP contribution in [0.3, 0.4) is 0 Å². The Morgan fingerprint density at radius 2 is 2.16 bits per heavy atom. The lowest BCUT2D eigenvalue weighted by atomic mass is 10.0. The molecule has 1 aromatic heterocycles. The summed E-state index contributed by atoms with van der Waals surface area (Å²) in [6, 6.07) is 0.274. The molecular formula is C12H15FN2O3S. The van der Waals surface area contributed by atoms with E-state index in [4.69, 9.17) is 0 Å². The Morgan fingerprint density at radius 3 is 2.79 bits per heavy atom. The van der Waals surface area contributed by atoms with Crippen LogP contribution >= 0.6 is 0 Å². The number of carbonyl (C=O) groups excluding carboxylic acids is 1. The number of nitrogens with zero attached hydrogens (tertiary/aromatic N) is 2. The van der Waals surface area contributed by atoms with E-state index in [2.05, 4.69) is 4.98 Å². The second kappa shape index (κ2) is 5.34. The Balaban J connectivity index is 2.40. The molecule has 0 saturated carbocycles. The maximum atomic E-state index is 13.1. The summed E-state index contributed by atoms with van der Waals surface area (Å²) in [6.07, 6.45) is 4.07. The highest BCUT2D eigenvalue weighted by atomic mass is 32.2. The van der Waals surface area contributed by atoms with E-state index in [-0.39, 0.29) is 17.2 Å². The van der Waals surface area contributed by atoms with Gasteiger partial charge < -0.3 is 0 Å². The van der Waals surface area contributed by atoms with Crippen molar-refractivity contribution < 1.29 is 17.6 Å². The fraction of sp³-hybridized carbons (Fsp3) is 0.500. The predicted octanol–water partition coefficient (Wildman–Crippen LogP) is 1.35. The minimum Gasteiger partial charge on any atom is -0.298 e. The molecule has 1 aliphatic rings. The monoisotopic (exact) mass is 286 g/mol. The van der Waals surface area contributed by atoms with Crippen LogP contribution in [0.1, 0.15) is 26.2 Å². The number of sulfonamides is 1. The third-order valence-corrected chi connectivity index (χ3v) is 5.08. The molecule has 0 aromatic carbocycles. The Bertz CT molecular complexity index is 588. The van der Waals surface area contributed by atoms with Gasteiger partial charge in [0.25, 0.3) is 0 Å². The molecule has 1 unspecified atom stereocenters. The number of hydrogen-bond acceptors (Lipinski definition) is 4. The number of hydrogen-bond donors (Lipinski definition) is 0. The van der Waals surface area contributed by atoms with Gasteiger partial charge in [-0.05, 0) is 25.8 Å². The molecule has 0 bridgehead atoms. The highest BCUT2D eigenvalue weighted by molar-refractivity contribution is 7.89. The minimum absolute atomic E-state index is 0.187. The predicted molar refractivity (Wildman–Crippen MR) is 66.4 cm³/mol. The van der Waals surface area contributed by atoms with Gasteiger partial charge in [0.1, 0.15) is 16.5 Å². The Hall–Kier alpha value is -1.34. The van der Waals surface area contributed by atoms with Gasteiger partial charge in [-0.1, -0.05) is 6.42 Å². The molecular weight excluding hydrogens is 271 g/mol. The summed E-state index contributed by atoms with van der Waals surface area (Å²) >= 11 is 0. The first-order valence-corrected chi connectivity index (χ1v) is 7.50.